The molecule has 0 aromatic heterocycles. The maximum absolute atomic E-state index is 12.0. The van der Waals surface area contributed by atoms with Crippen LogP contribution in [0, 0.1) is 6.92 Å². The van der Waals surface area contributed by atoms with E-state index in [2.05, 4.69) is 12.2 Å². The van der Waals surface area contributed by atoms with E-state index in [-0.39, 0.29) is 12.0 Å². The van der Waals surface area contributed by atoms with Gasteiger partial charge in [-0.1, -0.05) is 19.1 Å². The Morgan fingerprint density at radius 3 is 2.82 bits per heavy atom. The van der Waals surface area contributed by atoms with Gasteiger partial charge in [-0.3, -0.25) is 4.79 Å². The van der Waals surface area contributed by atoms with Gasteiger partial charge in [0.25, 0.3) is 0 Å². The zero-order chi connectivity index (χ0) is 16.5. The first kappa shape index (κ1) is 18.8. The first-order valence-electron chi connectivity index (χ1n) is 7.76. The number of carbonyl (C=O) groups is 1. The van der Waals surface area contributed by atoms with E-state index >= 15 is 0 Å². The van der Waals surface area contributed by atoms with Crippen molar-refractivity contribution < 1.29 is 9.53 Å². The molecule has 4 nitrogen and oxygen atoms in total. The molecule has 3 N–H and O–H groups in total. The number of nitrogens with two attached hydrogens (primary N) is 1. The Balaban J connectivity index is 2.66. The minimum absolute atomic E-state index is 0.107. The molecule has 0 heterocycles. The van der Waals surface area contributed by atoms with Crippen LogP contribution in [-0.4, -0.2) is 30.1 Å². The van der Waals surface area contributed by atoms with Crippen molar-refractivity contribution in [3.63, 3.8) is 0 Å². The SMILES string of the molecule is CCC(C)Oc1cc(C)ccc1CNC(=O)[C@@H](N)CCSC. The average Bonchev–Trinajstić information content (AvgIpc) is 2.51. The summed E-state index contributed by atoms with van der Waals surface area (Å²) in [5, 5.41) is 2.91. The summed E-state index contributed by atoms with van der Waals surface area (Å²) < 4.78 is 5.95. The summed E-state index contributed by atoms with van der Waals surface area (Å²) in [6.07, 6.45) is 3.80. The third kappa shape index (κ3) is 6.28. The molecule has 0 spiro atoms. The van der Waals surface area contributed by atoms with Crippen molar-refractivity contribution in [2.45, 2.75) is 52.3 Å². The molecule has 1 aromatic carbocycles. The first-order chi connectivity index (χ1) is 10.5. The number of carbonyl (C=O) groups excluding carboxylic acids is 1. The molecule has 0 aliphatic carbocycles. The van der Waals surface area contributed by atoms with Gasteiger partial charge in [-0.15, -0.1) is 0 Å². The van der Waals surface area contributed by atoms with Gasteiger partial charge >= 0.3 is 0 Å². The fourth-order valence-electron chi connectivity index (χ4n) is 1.91. The maximum Gasteiger partial charge on any atom is 0.237 e. The van der Waals surface area contributed by atoms with Crippen LogP contribution in [0.2, 0.25) is 0 Å². The minimum Gasteiger partial charge on any atom is -0.490 e. The van der Waals surface area contributed by atoms with Gasteiger partial charge in [0.15, 0.2) is 0 Å². The van der Waals surface area contributed by atoms with E-state index in [0.29, 0.717) is 13.0 Å². The van der Waals surface area contributed by atoms with Gasteiger partial charge < -0.3 is 15.8 Å². The molecule has 1 amide bonds. The summed E-state index contributed by atoms with van der Waals surface area (Å²) in [6.45, 7) is 6.61. The Labute approximate surface area is 138 Å². The van der Waals surface area contributed by atoms with Crippen molar-refractivity contribution in [2.75, 3.05) is 12.0 Å². The number of rotatable bonds is 9. The van der Waals surface area contributed by atoms with E-state index in [1.807, 2.05) is 38.3 Å². The molecule has 1 aromatic rings. The summed E-state index contributed by atoms with van der Waals surface area (Å²) in [5.74, 6) is 1.62. The van der Waals surface area contributed by atoms with Gasteiger partial charge in [0.2, 0.25) is 5.91 Å². The van der Waals surface area contributed by atoms with Crippen molar-refractivity contribution in [1.82, 2.24) is 5.32 Å². The molecule has 1 rings (SSSR count). The van der Waals surface area contributed by atoms with Crippen LogP contribution in [0.15, 0.2) is 18.2 Å². The third-order valence-electron chi connectivity index (χ3n) is 3.55. The Morgan fingerprint density at radius 1 is 1.45 bits per heavy atom. The quantitative estimate of drug-likeness (QED) is 0.733. The molecule has 0 bridgehead atoms. The summed E-state index contributed by atoms with van der Waals surface area (Å²) in [7, 11) is 0. The molecule has 0 radical (unpaired) electrons. The molecule has 5 heteroatoms. The Kier molecular flexibility index (Phi) is 8.35. The van der Waals surface area contributed by atoms with Crippen molar-refractivity contribution >= 4 is 17.7 Å². The van der Waals surface area contributed by atoms with Gasteiger partial charge in [0.05, 0.1) is 12.1 Å². The fraction of sp³-hybridized carbons (Fsp3) is 0.588. The van der Waals surface area contributed by atoms with Gasteiger partial charge in [0.1, 0.15) is 5.75 Å². The lowest BCUT2D eigenvalue weighted by Gasteiger charge is -2.18. The van der Waals surface area contributed by atoms with E-state index in [1.165, 1.54) is 0 Å². The molecule has 124 valence electrons. The number of thioether (sulfide) groups is 1. The highest BCUT2D eigenvalue weighted by atomic mass is 32.2. The van der Waals surface area contributed by atoms with Gasteiger partial charge in [0, 0.05) is 12.1 Å². The fourth-order valence-corrected chi connectivity index (χ4v) is 2.40. The average molecular weight is 324 g/mol. The topological polar surface area (TPSA) is 64.3 Å². The number of amides is 1. The molecule has 0 fully saturated rings. The molecule has 0 aliphatic rings. The third-order valence-corrected chi connectivity index (χ3v) is 4.19. The van der Waals surface area contributed by atoms with Gasteiger partial charge in [-0.05, 0) is 50.3 Å². The Hall–Kier alpha value is -1.20. The van der Waals surface area contributed by atoms with Crippen molar-refractivity contribution in [3.8, 4) is 5.75 Å². The smallest absolute Gasteiger partial charge is 0.237 e. The van der Waals surface area contributed by atoms with Crippen molar-refractivity contribution in [3.05, 3.63) is 29.3 Å². The summed E-state index contributed by atoms with van der Waals surface area (Å²) in [6, 6.07) is 5.59. The van der Waals surface area contributed by atoms with E-state index < -0.39 is 6.04 Å². The molecule has 0 saturated carbocycles. The Bertz CT molecular complexity index is 480. The van der Waals surface area contributed by atoms with Gasteiger partial charge in [-0.25, -0.2) is 0 Å². The van der Waals surface area contributed by atoms with Crippen LogP contribution in [0.3, 0.4) is 0 Å². The highest BCUT2D eigenvalue weighted by molar-refractivity contribution is 7.98. The molecule has 2 atom stereocenters. The highest BCUT2D eigenvalue weighted by Gasteiger charge is 2.14. The summed E-state index contributed by atoms with van der Waals surface area (Å²) in [4.78, 5) is 12.0. The highest BCUT2D eigenvalue weighted by Crippen LogP contribution is 2.22. The Morgan fingerprint density at radius 2 is 2.18 bits per heavy atom. The number of ether oxygens (including phenoxy) is 1. The second-order valence-electron chi connectivity index (χ2n) is 5.55. The monoisotopic (exact) mass is 324 g/mol. The van der Waals surface area contributed by atoms with Crippen LogP contribution in [0.4, 0.5) is 0 Å². The van der Waals surface area contributed by atoms with Crippen LogP contribution in [0.5, 0.6) is 5.75 Å². The van der Waals surface area contributed by atoms with Crippen molar-refractivity contribution in [2.24, 2.45) is 5.73 Å². The molecular weight excluding hydrogens is 296 g/mol. The number of aryl methyl sites for hydroxylation is 1. The number of benzene rings is 1. The predicted octanol–water partition coefficient (Wildman–Crippen LogP) is 2.87. The standard InChI is InChI=1S/C17H28N2O2S/c1-5-13(3)21-16-10-12(2)6-7-14(16)11-19-17(20)15(18)8-9-22-4/h6-7,10,13,15H,5,8-9,11,18H2,1-4H3,(H,19,20)/t13?,15-/m0/s1. The lowest BCUT2D eigenvalue weighted by atomic mass is 10.1. The normalized spacial score (nSPS) is 13.5. The van der Waals surface area contributed by atoms with E-state index in [0.717, 1.165) is 29.1 Å². The minimum atomic E-state index is -0.447. The number of hydrogen-bond donors (Lipinski definition) is 2. The van der Waals surface area contributed by atoms with Crippen LogP contribution < -0.4 is 15.8 Å². The number of hydrogen-bond acceptors (Lipinski definition) is 4. The van der Waals surface area contributed by atoms with Gasteiger partial charge in [-0.2, -0.15) is 11.8 Å². The molecule has 22 heavy (non-hydrogen) atoms. The van der Waals surface area contributed by atoms with Crippen LogP contribution in [0.1, 0.15) is 37.8 Å². The zero-order valence-electron chi connectivity index (χ0n) is 14.0. The summed E-state index contributed by atoms with van der Waals surface area (Å²) >= 11 is 1.70. The number of nitrogens with one attached hydrogen (secondary N) is 1. The second-order valence-corrected chi connectivity index (χ2v) is 6.54. The lowest BCUT2D eigenvalue weighted by molar-refractivity contribution is -0.122. The maximum atomic E-state index is 12.0. The van der Waals surface area contributed by atoms with Crippen LogP contribution >= 0.6 is 11.8 Å². The van der Waals surface area contributed by atoms with E-state index in [1.54, 1.807) is 11.8 Å². The molecular formula is C17H28N2O2S. The molecule has 1 unspecified atom stereocenters. The van der Waals surface area contributed by atoms with E-state index in [4.69, 9.17) is 10.5 Å². The predicted molar refractivity (Wildman–Crippen MR) is 94.4 cm³/mol. The second kappa shape index (κ2) is 9.74. The van der Waals surface area contributed by atoms with Crippen LogP contribution in [-0.2, 0) is 11.3 Å². The first-order valence-corrected chi connectivity index (χ1v) is 9.15. The zero-order valence-corrected chi connectivity index (χ0v) is 14.8. The molecule has 0 aliphatic heterocycles. The van der Waals surface area contributed by atoms with E-state index in [9.17, 15) is 4.79 Å². The van der Waals surface area contributed by atoms with Crippen LogP contribution in [0.25, 0.3) is 0 Å². The largest absolute Gasteiger partial charge is 0.490 e. The van der Waals surface area contributed by atoms with Crippen molar-refractivity contribution in [1.29, 1.82) is 0 Å². The molecule has 0 saturated heterocycles. The lowest BCUT2D eigenvalue weighted by Crippen LogP contribution is -2.40. The summed E-state index contributed by atoms with van der Waals surface area (Å²) in [5.41, 5.74) is 8.00.